The normalized spacial score (nSPS) is 16.2. The molecule has 1 aromatic rings. The number of hydrogen-bond donors (Lipinski definition) is 0. The molecule has 0 atom stereocenters. The number of nitrogens with zero attached hydrogens (tertiary/aromatic N) is 2. The lowest BCUT2D eigenvalue weighted by atomic mass is 10.3. The van der Waals surface area contributed by atoms with E-state index in [0.717, 1.165) is 23.9 Å². The molecule has 1 fully saturated rings. The van der Waals surface area contributed by atoms with Crippen LogP contribution in [-0.2, 0) is 6.54 Å². The summed E-state index contributed by atoms with van der Waals surface area (Å²) in [7, 11) is 0. The Labute approximate surface area is 91.4 Å². The third-order valence-electron chi connectivity index (χ3n) is 2.82. The van der Waals surface area contributed by atoms with Gasteiger partial charge in [0.15, 0.2) is 0 Å². The summed E-state index contributed by atoms with van der Waals surface area (Å²) in [6.45, 7) is 7.53. The molecular weight excluding hydrogens is 188 g/mol. The fraction of sp³-hybridized carbons (Fsp3) is 0.750. The Morgan fingerprint density at radius 3 is 2.87 bits per heavy atom. The maximum Gasteiger partial charge on any atom is 0.133 e. The molecule has 1 heterocycles. The summed E-state index contributed by atoms with van der Waals surface area (Å²) < 4.78 is 5.09. The quantitative estimate of drug-likeness (QED) is 0.719. The average Bonchev–Trinajstić information content (AvgIpc) is 2.90. The van der Waals surface area contributed by atoms with Crippen molar-refractivity contribution in [2.75, 3.05) is 13.1 Å². The molecular formula is C12H20N2O. The van der Waals surface area contributed by atoms with E-state index in [1.807, 2.05) is 13.0 Å². The Kier molecular flexibility index (Phi) is 3.41. The summed E-state index contributed by atoms with van der Waals surface area (Å²) in [4.78, 5) is 2.50. The third kappa shape index (κ3) is 3.34. The highest BCUT2D eigenvalue weighted by Gasteiger charge is 2.24. The van der Waals surface area contributed by atoms with E-state index >= 15 is 0 Å². The van der Waals surface area contributed by atoms with Gasteiger partial charge in [-0.2, -0.15) is 0 Å². The highest BCUT2D eigenvalue weighted by Crippen LogP contribution is 2.30. The highest BCUT2D eigenvalue weighted by atomic mass is 16.5. The van der Waals surface area contributed by atoms with Crippen molar-refractivity contribution >= 4 is 0 Å². The lowest BCUT2D eigenvalue weighted by Gasteiger charge is -2.19. The molecule has 84 valence electrons. The maximum absolute atomic E-state index is 5.09. The van der Waals surface area contributed by atoms with Crippen molar-refractivity contribution in [3.8, 4) is 0 Å². The first-order valence-corrected chi connectivity index (χ1v) is 5.92. The monoisotopic (exact) mass is 208 g/mol. The minimum atomic E-state index is 0.910. The zero-order valence-electron chi connectivity index (χ0n) is 9.70. The number of hydrogen-bond acceptors (Lipinski definition) is 3. The minimum Gasteiger partial charge on any atom is -0.361 e. The third-order valence-corrected chi connectivity index (χ3v) is 2.82. The second-order valence-electron chi connectivity index (χ2n) is 4.61. The molecule has 0 spiro atoms. The Morgan fingerprint density at radius 2 is 2.33 bits per heavy atom. The summed E-state index contributed by atoms with van der Waals surface area (Å²) in [5, 5.41) is 4.05. The Bertz CT molecular complexity index is 304. The van der Waals surface area contributed by atoms with Crippen molar-refractivity contribution in [3.05, 3.63) is 17.5 Å². The van der Waals surface area contributed by atoms with E-state index in [1.54, 1.807) is 0 Å². The lowest BCUT2D eigenvalue weighted by molar-refractivity contribution is 0.246. The van der Waals surface area contributed by atoms with E-state index in [2.05, 4.69) is 17.0 Å². The average molecular weight is 208 g/mol. The standard InChI is InChI=1S/C12H20N2O/c1-3-6-14(8-11-4-5-11)9-12-7-10(2)15-13-12/h7,11H,3-6,8-9H2,1-2H3. The molecule has 0 unspecified atom stereocenters. The van der Waals surface area contributed by atoms with Crippen molar-refractivity contribution in [3.63, 3.8) is 0 Å². The smallest absolute Gasteiger partial charge is 0.133 e. The van der Waals surface area contributed by atoms with E-state index in [-0.39, 0.29) is 0 Å². The number of aromatic nitrogens is 1. The van der Waals surface area contributed by atoms with Crippen LogP contribution in [0.5, 0.6) is 0 Å². The van der Waals surface area contributed by atoms with Crippen molar-refractivity contribution in [1.82, 2.24) is 10.1 Å². The van der Waals surface area contributed by atoms with Gasteiger partial charge in [-0.1, -0.05) is 12.1 Å². The van der Waals surface area contributed by atoms with E-state index in [9.17, 15) is 0 Å². The molecule has 0 N–H and O–H groups in total. The maximum atomic E-state index is 5.09. The number of aryl methyl sites for hydroxylation is 1. The molecule has 0 aromatic carbocycles. The zero-order valence-corrected chi connectivity index (χ0v) is 9.70. The van der Waals surface area contributed by atoms with Gasteiger partial charge in [-0.3, -0.25) is 4.90 Å². The summed E-state index contributed by atoms with van der Waals surface area (Å²) in [5.41, 5.74) is 1.07. The summed E-state index contributed by atoms with van der Waals surface area (Å²) in [6.07, 6.45) is 4.04. The minimum absolute atomic E-state index is 0.910. The van der Waals surface area contributed by atoms with Gasteiger partial charge in [0.25, 0.3) is 0 Å². The first-order valence-electron chi connectivity index (χ1n) is 5.92. The summed E-state index contributed by atoms with van der Waals surface area (Å²) >= 11 is 0. The van der Waals surface area contributed by atoms with Gasteiger partial charge < -0.3 is 4.52 Å². The first kappa shape index (κ1) is 10.7. The fourth-order valence-corrected chi connectivity index (χ4v) is 1.94. The van der Waals surface area contributed by atoms with Crippen LogP contribution in [0.15, 0.2) is 10.6 Å². The van der Waals surface area contributed by atoms with Crippen LogP contribution in [0.3, 0.4) is 0 Å². The van der Waals surface area contributed by atoms with Gasteiger partial charge >= 0.3 is 0 Å². The Morgan fingerprint density at radius 1 is 1.53 bits per heavy atom. The van der Waals surface area contributed by atoms with Gasteiger partial charge in [0.05, 0.1) is 5.69 Å². The highest BCUT2D eigenvalue weighted by molar-refractivity contribution is 5.03. The largest absolute Gasteiger partial charge is 0.361 e. The molecule has 3 nitrogen and oxygen atoms in total. The van der Waals surface area contributed by atoms with Crippen LogP contribution in [0.4, 0.5) is 0 Å². The van der Waals surface area contributed by atoms with Gasteiger partial charge in [0.1, 0.15) is 5.76 Å². The van der Waals surface area contributed by atoms with Crippen LogP contribution in [0, 0.1) is 12.8 Å². The molecule has 1 aromatic heterocycles. The van der Waals surface area contributed by atoms with Gasteiger partial charge in [-0.05, 0) is 38.6 Å². The van der Waals surface area contributed by atoms with Crippen LogP contribution in [0.25, 0.3) is 0 Å². The van der Waals surface area contributed by atoms with Gasteiger partial charge in [0, 0.05) is 19.2 Å². The van der Waals surface area contributed by atoms with E-state index < -0.39 is 0 Å². The molecule has 0 saturated heterocycles. The number of rotatable bonds is 6. The van der Waals surface area contributed by atoms with E-state index in [4.69, 9.17) is 4.52 Å². The molecule has 0 bridgehead atoms. The van der Waals surface area contributed by atoms with Crippen molar-refractivity contribution in [2.45, 2.75) is 39.7 Å². The molecule has 1 aliphatic carbocycles. The zero-order chi connectivity index (χ0) is 10.7. The molecule has 0 radical (unpaired) electrons. The molecule has 1 aliphatic rings. The molecule has 2 rings (SSSR count). The molecule has 0 amide bonds. The Balaban J connectivity index is 1.86. The summed E-state index contributed by atoms with van der Waals surface area (Å²) in [5.74, 6) is 1.86. The fourth-order valence-electron chi connectivity index (χ4n) is 1.94. The van der Waals surface area contributed by atoms with Gasteiger partial charge in [0.2, 0.25) is 0 Å². The molecule has 1 saturated carbocycles. The SMILES string of the molecule is CCCN(Cc1cc(C)on1)CC1CC1. The first-order chi connectivity index (χ1) is 7.28. The Hall–Kier alpha value is -0.830. The topological polar surface area (TPSA) is 29.3 Å². The predicted octanol–water partition coefficient (Wildman–Crippen LogP) is 2.61. The molecule has 15 heavy (non-hydrogen) atoms. The van der Waals surface area contributed by atoms with Crippen LogP contribution < -0.4 is 0 Å². The van der Waals surface area contributed by atoms with E-state index in [0.29, 0.717) is 0 Å². The predicted molar refractivity (Wildman–Crippen MR) is 59.5 cm³/mol. The van der Waals surface area contributed by atoms with Gasteiger partial charge in [-0.25, -0.2) is 0 Å². The van der Waals surface area contributed by atoms with Crippen LogP contribution in [0.1, 0.15) is 37.6 Å². The lowest BCUT2D eigenvalue weighted by Crippen LogP contribution is -2.26. The second-order valence-corrected chi connectivity index (χ2v) is 4.61. The van der Waals surface area contributed by atoms with Crippen LogP contribution in [0.2, 0.25) is 0 Å². The van der Waals surface area contributed by atoms with Crippen molar-refractivity contribution in [1.29, 1.82) is 0 Å². The molecule has 0 aliphatic heterocycles. The van der Waals surface area contributed by atoms with Crippen LogP contribution >= 0.6 is 0 Å². The van der Waals surface area contributed by atoms with Crippen LogP contribution in [-0.4, -0.2) is 23.1 Å². The summed E-state index contributed by atoms with van der Waals surface area (Å²) in [6, 6.07) is 2.04. The van der Waals surface area contributed by atoms with E-state index in [1.165, 1.54) is 32.4 Å². The second kappa shape index (κ2) is 4.79. The van der Waals surface area contributed by atoms with Crippen molar-refractivity contribution in [2.24, 2.45) is 5.92 Å². The van der Waals surface area contributed by atoms with Gasteiger partial charge in [-0.15, -0.1) is 0 Å². The van der Waals surface area contributed by atoms with Crippen molar-refractivity contribution < 1.29 is 4.52 Å². The molecule has 3 heteroatoms.